The Balaban J connectivity index is 2.58. The fourth-order valence-corrected chi connectivity index (χ4v) is 1.63. The smallest absolute Gasteiger partial charge is 0.370 e. The van der Waals surface area contributed by atoms with Gasteiger partial charge in [0.15, 0.2) is 0 Å². The summed E-state index contributed by atoms with van der Waals surface area (Å²) in [6, 6.07) is 3.86. The van der Waals surface area contributed by atoms with Gasteiger partial charge in [0, 0.05) is 10.0 Å². The molecule has 96 valence electrons. The predicted molar refractivity (Wildman–Crippen MR) is 60.3 cm³/mol. The summed E-state index contributed by atoms with van der Waals surface area (Å²) in [4.78, 5) is 0. The molecule has 2 nitrogen and oxygen atoms in total. The van der Waals surface area contributed by atoms with Gasteiger partial charge in [-0.15, -0.1) is 0 Å². The molecule has 1 atom stereocenters. The normalized spacial score (nSPS) is 13.8. The van der Waals surface area contributed by atoms with Crippen LogP contribution in [0.1, 0.15) is 11.6 Å². The Morgan fingerprint density at radius 3 is 2.53 bits per heavy atom. The van der Waals surface area contributed by atoms with E-state index in [0.29, 0.717) is 15.6 Å². The van der Waals surface area contributed by atoms with Crippen LogP contribution in [0, 0.1) is 0 Å². The molecule has 1 aromatic carbocycles. The second-order valence-electron chi connectivity index (χ2n) is 3.40. The Morgan fingerprint density at radius 2 is 1.94 bits per heavy atom. The molecule has 17 heavy (non-hydrogen) atoms. The van der Waals surface area contributed by atoms with E-state index in [1.54, 1.807) is 6.07 Å². The highest BCUT2D eigenvalue weighted by atomic mass is 35.5. The van der Waals surface area contributed by atoms with Crippen LogP contribution < -0.4 is 5.73 Å². The van der Waals surface area contributed by atoms with Gasteiger partial charge in [0.1, 0.15) is 6.61 Å². The molecule has 0 aliphatic carbocycles. The molecule has 0 fully saturated rings. The minimum atomic E-state index is -4.36. The van der Waals surface area contributed by atoms with Crippen molar-refractivity contribution in [1.82, 2.24) is 0 Å². The molecule has 1 rings (SSSR count). The van der Waals surface area contributed by atoms with E-state index in [4.69, 9.17) is 28.9 Å². The summed E-state index contributed by atoms with van der Waals surface area (Å²) in [6.45, 7) is -1.61. The van der Waals surface area contributed by atoms with E-state index in [1.165, 1.54) is 12.1 Å². The largest absolute Gasteiger partial charge is 0.411 e. The number of benzene rings is 1. The van der Waals surface area contributed by atoms with Crippen molar-refractivity contribution >= 4 is 23.2 Å². The third-order valence-corrected chi connectivity index (χ3v) is 2.50. The Hall–Kier alpha value is -0.490. The standard InChI is InChI=1S/C10H10Cl2F3NO/c11-6-1-2-8(12)7(3-6)9(16)4-17-5-10(13,14)15/h1-3,9H,4-5,16H2. The molecule has 0 bridgehead atoms. The first-order chi connectivity index (χ1) is 7.79. The molecule has 0 amide bonds. The summed E-state index contributed by atoms with van der Waals surface area (Å²) >= 11 is 11.6. The van der Waals surface area contributed by atoms with Crippen molar-refractivity contribution in [2.75, 3.05) is 13.2 Å². The Labute approximate surface area is 106 Å². The van der Waals surface area contributed by atoms with Crippen LogP contribution >= 0.6 is 23.2 Å². The topological polar surface area (TPSA) is 35.2 Å². The van der Waals surface area contributed by atoms with Gasteiger partial charge in [-0.2, -0.15) is 13.2 Å². The van der Waals surface area contributed by atoms with Crippen LogP contribution in [0.4, 0.5) is 13.2 Å². The van der Waals surface area contributed by atoms with Crippen molar-refractivity contribution in [3.05, 3.63) is 33.8 Å². The highest BCUT2D eigenvalue weighted by molar-refractivity contribution is 6.33. The monoisotopic (exact) mass is 287 g/mol. The van der Waals surface area contributed by atoms with Gasteiger partial charge in [-0.05, 0) is 23.8 Å². The van der Waals surface area contributed by atoms with E-state index < -0.39 is 18.8 Å². The SMILES string of the molecule is NC(COCC(F)(F)F)c1cc(Cl)ccc1Cl. The quantitative estimate of drug-likeness (QED) is 0.919. The van der Waals surface area contributed by atoms with Crippen molar-refractivity contribution in [3.63, 3.8) is 0 Å². The van der Waals surface area contributed by atoms with Gasteiger partial charge in [-0.1, -0.05) is 23.2 Å². The summed E-state index contributed by atoms with van der Waals surface area (Å²) in [7, 11) is 0. The minimum absolute atomic E-state index is 0.278. The number of halogens is 5. The zero-order chi connectivity index (χ0) is 13.1. The molecule has 1 unspecified atom stereocenters. The van der Waals surface area contributed by atoms with Gasteiger partial charge in [0.2, 0.25) is 0 Å². The van der Waals surface area contributed by atoms with Gasteiger partial charge in [-0.3, -0.25) is 0 Å². The van der Waals surface area contributed by atoms with E-state index in [-0.39, 0.29) is 6.61 Å². The van der Waals surface area contributed by atoms with Gasteiger partial charge in [0.05, 0.1) is 12.6 Å². The number of rotatable bonds is 4. The Kier molecular flexibility index (Phi) is 5.06. The summed E-state index contributed by atoms with van der Waals surface area (Å²) in [5.41, 5.74) is 6.12. The van der Waals surface area contributed by atoms with Crippen LogP contribution in [0.5, 0.6) is 0 Å². The first-order valence-corrected chi connectivity index (χ1v) is 5.40. The molecular formula is C10H10Cl2F3NO. The van der Waals surface area contributed by atoms with Crippen LogP contribution in [0.2, 0.25) is 10.0 Å². The molecular weight excluding hydrogens is 278 g/mol. The molecule has 0 aliphatic rings. The van der Waals surface area contributed by atoms with E-state index in [2.05, 4.69) is 4.74 Å². The third kappa shape index (κ3) is 5.12. The number of hydrogen-bond acceptors (Lipinski definition) is 2. The fraction of sp³-hybridized carbons (Fsp3) is 0.400. The zero-order valence-corrected chi connectivity index (χ0v) is 10.1. The molecule has 0 spiro atoms. The molecule has 0 saturated heterocycles. The first-order valence-electron chi connectivity index (χ1n) is 4.64. The first kappa shape index (κ1) is 14.6. The van der Waals surface area contributed by atoms with Gasteiger partial charge < -0.3 is 10.5 Å². The molecule has 0 radical (unpaired) electrons. The number of hydrogen-bond donors (Lipinski definition) is 1. The highest BCUT2D eigenvalue weighted by Crippen LogP contribution is 2.25. The van der Waals surface area contributed by atoms with Crippen LogP contribution in [-0.2, 0) is 4.74 Å². The Morgan fingerprint density at radius 1 is 1.29 bits per heavy atom. The predicted octanol–water partition coefficient (Wildman–Crippen LogP) is 3.57. The summed E-state index contributed by atoms with van der Waals surface area (Å²) in [5.74, 6) is 0. The minimum Gasteiger partial charge on any atom is -0.370 e. The summed E-state index contributed by atoms with van der Waals surface area (Å²) in [6.07, 6.45) is -4.36. The lowest BCUT2D eigenvalue weighted by Crippen LogP contribution is -2.23. The average molecular weight is 288 g/mol. The van der Waals surface area contributed by atoms with Crippen LogP contribution in [0.15, 0.2) is 18.2 Å². The van der Waals surface area contributed by atoms with Crippen LogP contribution in [-0.4, -0.2) is 19.4 Å². The molecule has 1 aromatic rings. The summed E-state index contributed by atoms with van der Waals surface area (Å²) in [5, 5.41) is 0.758. The van der Waals surface area contributed by atoms with Crippen molar-refractivity contribution in [2.45, 2.75) is 12.2 Å². The lowest BCUT2D eigenvalue weighted by molar-refractivity contribution is -0.174. The second kappa shape index (κ2) is 5.91. The molecule has 0 aliphatic heterocycles. The third-order valence-electron chi connectivity index (χ3n) is 1.92. The Bertz CT molecular complexity index is 384. The zero-order valence-electron chi connectivity index (χ0n) is 8.60. The number of nitrogens with two attached hydrogens (primary N) is 1. The van der Waals surface area contributed by atoms with E-state index >= 15 is 0 Å². The average Bonchev–Trinajstić information content (AvgIpc) is 2.19. The number of alkyl halides is 3. The van der Waals surface area contributed by atoms with E-state index in [9.17, 15) is 13.2 Å². The molecule has 7 heteroatoms. The fourth-order valence-electron chi connectivity index (χ4n) is 1.19. The van der Waals surface area contributed by atoms with Gasteiger partial charge in [-0.25, -0.2) is 0 Å². The maximum atomic E-state index is 11.8. The molecule has 0 saturated carbocycles. The maximum absolute atomic E-state index is 11.8. The molecule has 0 aromatic heterocycles. The van der Waals surface area contributed by atoms with Crippen molar-refractivity contribution in [1.29, 1.82) is 0 Å². The van der Waals surface area contributed by atoms with Crippen molar-refractivity contribution < 1.29 is 17.9 Å². The van der Waals surface area contributed by atoms with E-state index in [1.807, 2.05) is 0 Å². The molecule has 2 N–H and O–H groups in total. The van der Waals surface area contributed by atoms with Crippen molar-refractivity contribution in [2.24, 2.45) is 5.73 Å². The highest BCUT2D eigenvalue weighted by Gasteiger charge is 2.27. The molecule has 0 heterocycles. The van der Waals surface area contributed by atoms with Crippen LogP contribution in [0.25, 0.3) is 0 Å². The lowest BCUT2D eigenvalue weighted by Gasteiger charge is -2.15. The summed E-state index contributed by atoms with van der Waals surface area (Å²) < 4.78 is 40.0. The lowest BCUT2D eigenvalue weighted by atomic mass is 10.1. The van der Waals surface area contributed by atoms with Gasteiger partial charge in [0.25, 0.3) is 0 Å². The van der Waals surface area contributed by atoms with Gasteiger partial charge >= 0.3 is 6.18 Å². The van der Waals surface area contributed by atoms with Crippen molar-refractivity contribution in [3.8, 4) is 0 Å². The maximum Gasteiger partial charge on any atom is 0.411 e. The van der Waals surface area contributed by atoms with E-state index in [0.717, 1.165) is 0 Å². The second-order valence-corrected chi connectivity index (χ2v) is 4.25. The van der Waals surface area contributed by atoms with Crippen LogP contribution in [0.3, 0.4) is 0 Å². The number of ether oxygens (including phenoxy) is 1.